The van der Waals surface area contributed by atoms with Crippen LogP contribution in [0.3, 0.4) is 0 Å². The highest BCUT2D eigenvalue weighted by Crippen LogP contribution is 2.68. The molecule has 0 radical (unpaired) electrons. The van der Waals surface area contributed by atoms with Gasteiger partial charge in [0.15, 0.2) is 0 Å². The summed E-state index contributed by atoms with van der Waals surface area (Å²) in [5.74, 6) is -0.0746. The number of aliphatic hydroxyl groups excluding tert-OH is 2. The van der Waals surface area contributed by atoms with Gasteiger partial charge in [0.2, 0.25) is 0 Å². The molecule has 1 heterocycles. The Labute approximate surface area is 144 Å². The topological polar surface area (TPSA) is 66.8 Å². The second kappa shape index (κ2) is 4.85. The lowest BCUT2D eigenvalue weighted by Gasteiger charge is -2.66. The zero-order valence-corrected chi connectivity index (χ0v) is 15.2. The van der Waals surface area contributed by atoms with E-state index in [1.165, 1.54) is 6.42 Å². The molecule has 0 bridgehead atoms. The Morgan fingerprint density at radius 3 is 2.58 bits per heavy atom. The van der Waals surface area contributed by atoms with Gasteiger partial charge in [0.1, 0.15) is 0 Å². The summed E-state index contributed by atoms with van der Waals surface area (Å²) in [6.45, 7) is 9.35. The third-order valence-corrected chi connectivity index (χ3v) is 8.27. The molecule has 7 atom stereocenters. The number of cyclic esters (lactones) is 1. The number of esters is 1. The molecule has 0 amide bonds. The van der Waals surface area contributed by atoms with Crippen molar-refractivity contribution in [1.82, 2.24) is 0 Å². The van der Waals surface area contributed by atoms with E-state index in [-0.39, 0.29) is 28.6 Å². The van der Waals surface area contributed by atoms with E-state index in [0.717, 1.165) is 19.3 Å². The van der Waals surface area contributed by atoms with Crippen molar-refractivity contribution >= 4 is 5.97 Å². The SMILES string of the molecule is CC1(C)CCCC2(C)C1CC(O)C1(C)C3COC(=O)C3=CC(O)C21. The first-order valence-corrected chi connectivity index (χ1v) is 9.37. The molecule has 2 saturated carbocycles. The summed E-state index contributed by atoms with van der Waals surface area (Å²) >= 11 is 0. The predicted molar refractivity (Wildman–Crippen MR) is 90.0 cm³/mol. The lowest BCUT2D eigenvalue weighted by Crippen LogP contribution is -2.66. The number of hydrogen-bond donors (Lipinski definition) is 2. The third kappa shape index (κ3) is 1.84. The summed E-state index contributed by atoms with van der Waals surface area (Å²) < 4.78 is 5.29. The standard InChI is InChI=1S/C20H30O4/c1-18(2)6-5-7-19(3)14(18)9-15(22)20(4)12-10-24-17(23)11(12)8-13(21)16(19)20/h8,12-16,21-22H,5-7,9-10H2,1-4H3. The van der Waals surface area contributed by atoms with E-state index in [9.17, 15) is 15.0 Å². The molecular formula is C20H30O4. The molecular weight excluding hydrogens is 304 g/mol. The molecule has 24 heavy (non-hydrogen) atoms. The first-order valence-electron chi connectivity index (χ1n) is 9.37. The van der Waals surface area contributed by atoms with Crippen LogP contribution in [-0.2, 0) is 9.53 Å². The third-order valence-electron chi connectivity index (χ3n) is 8.27. The van der Waals surface area contributed by atoms with Crippen LogP contribution in [0.15, 0.2) is 11.6 Å². The molecule has 7 unspecified atom stereocenters. The Bertz CT molecular complexity index is 609. The Morgan fingerprint density at radius 2 is 1.88 bits per heavy atom. The minimum atomic E-state index is -0.691. The Hall–Kier alpha value is -0.870. The first-order chi connectivity index (χ1) is 11.1. The van der Waals surface area contributed by atoms with Crippen molar-refractivity contribution in [2.75, 3.05) is 6.61 Å². The largest absolute Gasteiger partial charge is 0.462 e. The number of aliphatic hydroxyl groups is 2. The maximum absolute atomic E-state index is 12.1. The van der Waals surface area contributed by atoms with Crippen molar-refractivity contribution in [3.05, 3.63) is 11.6 Å². The van der Waals surface area contributed by atoms with Crippen molar-refractivity contribution in [2.24, 2.45) is 34.0 Å². The highest BCUT2D eigenvalue weighted by molar-refractivity contribution is 5.91. The summed E-state index contributed by atoms with van der Waals surface area (Å²) in [4.78, 5) is 12.1. The van der Waals surface area contributed by atoms with Crippen LogP contribution in [-0.4, -0.2) is 35.0 Å². The van der Waals surface area contributed by atoms with Gasteiger partial charge in [-0.05, 0) is 42.1 Å². The summed E-state index contributed by atoms with van der Waals surface area (Å²) in [6, 6.07) is 0. The molecule has 1 aliphatic heterocycles. The lowest BCUT2D eigenvalue weighted by atomic mass is 9.38. The highest BCUT2D eigenvalue weighted by atomic mass is 16.5. The van der Waals surface area contributed by atoms with Gasteiger partial charge in [-0.2, -0.15) is 0 Å². The van der Waals surface area contributed by atoms with Gasteiger partial charge in [-0.15, -0.1) is 0 Å². The van der Waals surface area contributed by atoms with Crippen LogP contribution < -0.4 is 0 Å². The second-order valence-electron chi connectivity index (χ2n) is 9.76. The maximum Gasteiger partial charge on any atom is 0.334 e. The normalized spacial score (nSPS) is 52.7. The van der Waals surface area contributed by atoms with E-state index >= 15 is 0 Å². The fourth-order valence-electron chi connectivity index (χ4n) is 7.18. The van der Waals surface area contributed by atoms with Crippen molar-refractivity contribution in [2.45, 2.75) is 65.6 Å². The number of carbonyl (C=O) groups is 1. The maximum atomic E-state index is 12.1. The minimum Gasteiger partial charge on any atom is -0.462 e. The van der Waals surface area contributed by atoms with E-state index in [0.29, 0.717) is 18.1 Å². The van der Waals surface area contributed by atoms with E-state index in [4.69, 9.17) is 4.74 Å². The number of hydrogen-bond acceptors (Lipinski definition) is 4. The summed E-state index contributed by atoms with van der Waals surface area (Å²) in [5, 5.41) is 22.2. The molecule has 1 saturated heterocycles. The fourth-order valence-corrected chi connectivity index (χ4v) is 7.18. The van der Waals surface area contributed by atoms with Gasteiger partial charge in [-0.1, -0.05) is 34.1 Å². The summed E-state index contributed by atoms with van der Waals surface area (Å²) in [5.41, 5.74) is 0.218. The van der Waals surface area contributed by atoms with Crippen molar-refractivity contribution in [1.29, 1.82) is 0 Å². The van der Waals surface area contributed by atoms with Crippen molar-refractivity contribution in [3.63, 3.8) is 0 Å². The molecule has 0 aromatic carbocycles. The quantitative estimate of drug-likeness (QED) is 0.669. The van der Waals surface area contributed by atoms with Gasteiger partial charge in [0.05, 0.1) is 18.8 Å². The first kappa shape index (κ1) is 16.6. The fraction of sp³-hybridized carbons (Fsp3) is 0.850. The zero-order valence-electron chi connectivity index (χ0n) is 15.2. The van der Waals surface area contributed by atoms with Gasteiger partial charge >= 0.3 is 5.97 Å². The molecule has 0 aromatic rings. The van der Waals surface area contributed by atoms with Gasteiger partial charge in [-0.3, -0.25) is 0 Å². The van der Waals surface area contributed by atoms with E-state index < -0.39 is 17.6 Å². The Morgan fingerprint density at radius 1 is 1.17 bits per heavy atom. The molecule has 3 fully saturated rings. The number of fused-ring (bicyclic) bond motifs is 5. The molecule has 0 aromatic heterocycles. The van der Waals surface area contributed by atoms with E-state index in [1.54, 1.807) is 6.08 Å². The summed E-state index contributed by atoms with van der Waals surface area (Å²) in [7, 11) is 0. The van der Waals surface area contributed by atoms with Crippen LogP contribution in [0.2, 0.25) is 0 Å². The second-order valence-corrected chi connectivity index (χ2v) is 9.76. The molecule has 4 heteroatoms. The van der Waals surface area contributed by atoms with Crippen molar-refractivity contribution in [3.8, 4) is 0 Å². The number of carbonyl (C=O) groups excluding carboxylic acids is 1. The predicted octanol–water partition coefficient (Wildman–Crippen LogP) is 2.68. The average Bonchev–Trinajstić information content (AvgIpc) is 2.83. The number of rotatable bonds is 0. The molecule has 2 N–H and O–H groups in total. The summed E-state index contributed by atoms with van der Waals surface area (Å²) in [6.07, 6.45) is 4.68. The molecule has 4 nitrogen and oxygen atoms in total. The molecule has 3 aliphatic carbocycles. The Balaban J connectivity index is 1.86. The molecule has 4 aliphatic rings. The van der Waals surface area contributed by atoms with Crippen LogP contribution in [0, 0.1) is 34.0 Å². The van der Waals surface area contributed by atoms with Gasteiger partial charge in [-0.25, -0.2) is 4.79 Å². The van der Waals surface area contributed by atoms with Crippen LogP contribution in [0.5, 0.6) is 0 Å². The van der Waals surface area contributed by atoms with E-state index in [2.05, 4.69) is 27.7 Å². The van der Waals surface area contributed by atoms with E-state index in [1.807, 2.05) is 0 Å². The van der Waals surface area contributed by atoms with Crippen LogP contribution in [0.1, 0.15) is 53.4 Å². The highest BCUT2D eigenvalue weighted by Gasteiger charge is 2.68. The molecule has 134 valence electrons. The van der Waals surface area contributed by atoms with Crippen LogP contribution in [0.4, 0.5) is 0 Å². The van der Waals surface area contributed by atoms with Gasteiger partial charge in [0, 0.05) is 22.8 Å². The van der Waals surface area contributed by atoms with Crippen molar-refractivity contribution < 1.29 is 19.7 Å². The smallest absolute Gasteiger partial charge is 0.334 e. The molecule has 4 rings (SSSR count). The lowest BCUT2D eigenvalue weighted by molar-refractivity contribution is -0.222. The van der Waals surface area contributed by atoms with Crippen LogP contribution >= 0.6 is 0 Å². The van der Waals surface area contributed by atoms with Gasteiger partial charge in [0.25, 0.3) is 0 Å². The minimum absolute atomic E-state index is 0.0250. The van der Waals surface area contributed by atoms with Crippen LogP contribution in [0.25, 0.3) is 0 Å². The Kier molecular flexibility index (Phi) is 3.35. The van der Waals surface area contributed by atoms with Gasteiger partial charge < -0.3 is 14.9 Å². The zero-order chi connectivity index (χ0) is 17.5. The molecule has 0 spiro atoms. The monoisotopic (exact) mass is 334 g/mol. The number of ether oxygens (including phenoxy) is 1. The average molecular weight is 334 g/mol.